The van der Waals surface area contributed by atoms with Crippen LogP contribution in [0.2, 0.25) is 0 Å². The van der Waals surface area contributed by atoms with Crippen LogP contribution < -0.4 is 20.5 Å². The zero-order chi connectivity index (χ0) is 28.7. The second-order valence-electron chi connectivity index (χ2n) is 10.3. The van der Waals surface area contributed by atoms with Crippen LogP contribution in [0, 0.1) is 17.5 Å². The lowest BCUT2D eigenvalue weighted by molar-refractivity contribution is 0.249. The molecule has 2 aromatic carbocycles. The summed E-state index contributed by atoms with van der Waals surface area (Å²) in [7, 11) is 4.10. The summed E-state index contributed by atoms with van der Waals surface area (Å²) >= 11 is 0.510. The first-order chi connectivity index (χ1) is 19.0. The fourth-order valence-electron chi connectivity index (χ4n) is 5.08. The van der Waals surface area contributed by atoms with Gasteiger partial charge in [-0.05, 0) is 71.1 Å². The summed E-state index contributed by atoms with van der Waals surface area (Å²) in [5, 5.41) is 2.89. The third-order valence-electron chi connectivity index (χ3n) is 7.14. The molecule has 0 amide bonds. The van der Waals surface area contributed by atoms with Gasteiger partial charge in [0.15, 0.2) is 5.82 Å². The number of nitrogens with zero attached hydrogens (tertiary/aromatic N) is 5. The minimum Gasteiger partial charge on any atom is -0.369 e. The lowest BCUT2D eigenvalue weighted by atomic mass is 10.0. The minimum atomic E-state index is -0.811. The smallest absolute Gasteiger partial charge is 0.309 e. The van der Waals surface area contributed by atoms with E-state index in [-0.39, 0.29) is 27.4 Å². The number of nitrogens with one attached hydrogen (secondary N) is 1. The summed E-state index contributed by atoms with van der Waals surface area (Å²) < 4.78 is 45.4. The highest BCUT2D eigenvalue weighted by molar-refractivity contribution is 7.16. The number of piperidine rings is 1. The Hall–Kier alpha value is -3.77. The first-order valence-corrected chi connectivity index (χ1v) is 13.7. The van der Waals surface area contributed by atoms with Gasteiger partial charge in [0, 0.05) is 36.4 Å². The van der Waals surface area contributed by atoms with Crippen molar-refractivity contribution in [1.29, 1.82) is 0 Å². The standard InChI is InChI=1S/C28H29F3N6O2S/c1-15(2)37-23-12-16(11-20(30)25(23)40-27(39)26(37)38)24-21(31)14-32-28(34-24)33-17-5-6-22(19(29)13-17)36-9-7-18(8-10-36)35(3)4/h5-6,11-15,18H,7-10H2,1-4H3,(H,32,33,34). The zero-order valence-electron chi connectivity index (χ0n) is 22.5. The van der Waals surface area contributed by atoms with Crippen molar-refractivity contribution in [3.63, 3.8) is 0 Å². The molecule has 0 spiro atoms. The maximum Gasteiger partial charge on any atom is 0.309 e. The highest BCUT2D eigenvalue weighted by Gasteiger charge is 2.23. The molecule has 1 saturated heterocycles. The average molecular weight is 571 g/mol. The Morgan fingerprint density at radius 3 is 2.40 bits per heavy atom. The fraction of sp³-hybridized carbons (Fsp3) is 0.357. The monoisotopic (exact) mass is 570 g/mol. The fourth-order valence-corrected chi connectivity index (χ4v) is 5.86. The summed E-state index contributed by atoms with van der Waals surface area (Å²) in [4.78, 5) is 37.0. The first-order valence-electron chi connectivity index (χ1n) is 12.9. The third-order valence-corrected chi connectivity index (χ3v) is 8.11. The Bertz CT molecular complexity index is 1700. The molecule has 1 aliphatic heterocycles. The van der Waals surface area contributed by atoms with Crippen LogP contribution in [0.25, 0.3) is 21.5 Å². The lowest BCUT2D eigenvalue weighted by Gasteiger charge is -2.36. The second kappa shape index (κ2) is 11.0. The summed E-state index contributed by atoms with van der Waals surface area (Å²) in [5.74, 6) is -2.01. The third kappa shape index (κ3) is 5.33. The van der Waals surface area contributed by atoms with Crippen LogP contribution in [-0.2, 0) is 0 Å². The second-order valence-corrected chi connectivity index (χ2v) is 11.3. The van der Waals surface area contributed by atoms with Crippen molar-refractivity contribution in [2.75, 3.05) is 37.4 Å². The molecule has 1 fully saturated rings. The van der Waals surface area contributed by atoms with Gasteiger partial charge < -0.3 is 19.7 Å². The molecule has 210 valence electrons. The van der Waals surface area contributed by atoms with E-state index in [0.717, 1.165) is 38.2 Å². The highest BCUT2D eigenvalue weighted by Crippen LogP contribution is 2.31. The van der Waals surface area contributed by atoms with E-state index >= 15 is 8.78 Å². The molecule has 0 atom stereocenters. The van der Waals surface area contributed by atoms with Crippen LogP contribution >= 0.6 is 11.3 Å². The number of halogens is 3. The van der Waals surface area contributed by atoms with Crippen molar-refractivity contribution in [3.05, 3.63) is 73.9 Å². The van der Waals surface area contributed by atoms with Crippen LogP contribution in [0.3, 0.4) is 0 Å². The molecule has 5 rings (SSSR count). The molecule has 3 heterocycles. The SMILES string of the molecule is CC(C)n1c(=O)c(=O)sc2c(F)cc(-c3nc(Nc4ccc(N5CCC(N(C)C)CC5)c(F)c4)ncc3F)cc21. The van der Waals surface area contributed by atoms with E-state index in [1.165, 1.54) is 16.7 Å². The van der Waals surface area contributed by atoms with E-state index in [1.54, 1.807) is 26.0 Å². The van der Waals surface area contributed by atoms with Crippen molar-refractivity contribution >= 4 is 38.9 Å². The van der Waals surface area contributed by atoms with E-state index in [4.69, 9.17) is 0 Å². The van der Waals surface area contributed by atoms with Crippen LogP contribution in [-0.4, -0.2) is 52.7 Å². The van der Waals surface area contributed by atoms with E-state index in [9.17, 15) is 14.0 Å². The van der Waals surface area contributed by atoms with Gasteiger partial charge in [0.1, 0.15) is 17.3 Å². The Balaban J connectivity index is 1.45. The van der Waals surface area contributed by atoms with Crippen molar-refractivity contribution in [2.45, 2.75) is 38.8 Å². The molecule has 0 radical (unpaired) electrons. The van der Waals surface area contributed by atoms with Gasteiger partial charge in [-0.25, -0.2) is 23.1 Å². The highest BCUT2D eigenvalue weighted by atomic mass is 32.1. The van der Waals surface area contributed by atoms with Gasteiger partial charge in [-0.3, -0.25) is 9.59 Å². The Labute approximate surface area is 232 Å². The normalized spacial score (nSPS) is 14.5. The summed E-state index contributed by atoms with van der Waals surface area (Å²) in [5.41, 5.74) is 0.119. The van der Waals surface area contributed by atoms with Crippen molar-refractivity contribution in [1.82, 2.24) is 19.4 Å². The zero-order valence-corrected chi connectivity index (χ0v) is 23.4. The molecular formula is C28H29F3N6O2S. The molecule has 0 saturated carbocycles. The lowest BCUT2D eigenvalue weighted by Crippen LogP contribution is -2.42. The van der Waals surface area contributed by atoms with E-state index in [1.807, 2.05) is 4.90 Å². The van der Waals surface area contributed by atoms with Gasteiger partial charge in [-0.15, -0.1) is 0 Å². The summed E-state index contributed by atoms with van der Waals surface area (Å²) in [6.45, 7) is 4.89. The minimum absolute atomic E-state index is 0.00336. The number of benzene rings is 2. The molecule has 0 unspecified atom stereocenters. The Morgan fingerprint density at radius 2 is 1.75 bits per heavy atom. The molecule has 4 aromatic rings. The summed E-state index contributed by atoms with van der Waals surface area (Å²) in [6.07, 6.45) is 2.82. The van der Waals surface area contributed by atoms with Gasteiger partial charge in [0.25, 0.3) is 4.74 Å². The Morgan fingerprint density at radius 1 is 1.02 bits per heavy atom. The molecule has 2 aromatic heterocycles. The number of hydrogen-bond acceptors (Lipinski definition) is 8. The van der Waals surface area contributed by atoms with Crippen molar-refractivity contribution < 1.29 is 13.2 Å². The predicted octanol–water partition coefficient (Wildman–Crippen LogP) is 5.15. The van der Waals surface area contributed by atoms with Crippen LogP contribution in [0.5, 0.6) is 0 Å². The topological polar surface area (TPSA) is 83.4 Å². The van der Waals surface area contributed by atoms with Crippen LogP contribution in [0.4, 0.5) is 30.5 Å². The molecular weight excluding hydrogens is 541 g/mol. The van der Waals surface area contributed by atoms with Crippen molar-refractivity contribution in [2.24, 2.45) is 0 Å². The van der Waals surface area contributed by atoms with E-state index in [0.29, 0.717) is 28.8 Å². The molecule has 8 nitrogen and oxygen atoms in total. The van der Waals surface area contributed by atoms with Crippen LogP contribution in [0.15, 0.2) is 46.1 Å². The summed E-state index contributed by atoms with van der Waals surface area (Å²) in [6, 6.07) is 7.25. The number of aromatic nitrogens is 3. The molecule has 0 aliphatic carbocycles. The number of fused-ring (bicyclic) bond motifs is 1. The number of anilines is 3. The van der Waals surface area contributed by atoms with Crippen LogP contribution in [0.1, 0.15) is 32.7 Å². The van der Waals surface area contributed by atoms with E-state index in [2.05, 4.69) is 34.3 Å². The van der Waals surface area contributed by atoms with Crippen molar-refractivity contribution in [3.8, 4) is 11.3 Å². The molecule has 1 N–H and O–H groups in total. The van der Waals surface area contributed by atoms with Gasteiger partial charge in [0.2, 0.25) is 5.95 Å². The van der Waals surface area contributed by atoms with Gasteiger partial charge in [0.05, 0.1) is 22.1 Å². The van der Waals surface area contributed by atoms with Gasteiger partial charge >= 0.3 is 5.56 Å². The first kappa shape index (κ1) is 27.8. The molecule has 12 heteroatoms. The molecule has 1 aliphatic rings. The quantitative estimate of drug-likeness (QED) is 0.321. The average Bonchev–Trinajstić information content (AvgIpc) is 2.91. The molecule has 0 bridgehead atoms. The van der Waals surface area contributed by atoms with Gasteiger partial charge in [-0.1, -0.05) is 11.3 Å². The predicted molar refractivity (Wildman–Crippen MR) is 152 cm³/mol. The Kier molecular flexibility index (Phi) is 7.65. The number of rotatable bonds is 6. The maximum absolute atomic E-state index is 15.1. The maximum atomic E-state index is 15.1. The van der Waals surface area contributed by atoms with E-state index < -0.39 is 33.8 Å². The largest absolute Gasteiger partial charge is 0.369 e. The van der Waals surface area contributed by atoms with Gasteiger partial charge in [-0.2, -0.15) is 0 Å². The number of hydrogen-bond donors (Lipinski definition) is 1. The molecule has 40 heavy (non-hydrogen) atoms.